The molecule has 0 aliphatic carbocycles. The molecule has 0 aliphatic heterocycles. The Morgan fingerprint density at radius 3 is 2.41 bits per heavy atom. The van der Waals surface area contributed by atoms with Gasteiger partial charge in [0, 0.05) is 30.5 Å². The molecule has 0 spiro atoms. The van der Waals surface area contributed by atoms with Crippen LogP contribution >= 0.6 is 0 Å². The largest absolute Gasteiger partial charge is 0.348 e. The monoisotopic (exact) mass is 388 g/mol. The minimum Gasteiger partial charge on any atom is -0.348 e. The van der Waals surface area contributed by atoms with Gasteiger partial charge in [0.2, 0.25) is 0 Å². The molecule has 1 amide bonds. The molecule has 0 atom stereocenters. The predicted molar refractivity (Wildman–Crippen MR) is 118 cm³/mol. The smallest absolute Gasteiger partial charge is 0.251 e. The second kappa shape index (κ2) is 10.4. The lowest BCUT2D eigenvalue weighted by molar-refractivity contribution is 0.0951. The Bertz CT molecular complexity index is 923. The average Bonchev–Trinajstić information content (AvgIpc) is 2.77. The molecule has 150 valence electrons. The Morgan fingerprint density at radius 1 is 0.931 bits per heavy atom. The number of benzene rings is 2. The van der Waals surface area contributed by atoms with Gasteiger partial charge in [0.1, 0.15) is 5.82 Å². The highest BCUT2D eigenvalue weighted by Crippen LogP contribution is 2.16. The van der Waals surface area contributed by atoms with Gasteiger partial charge < -0.3 is 10.6 Å². The summed E-state index contributed by atoms with van der Waals surface area (Å²) in [6.07, 6.45) is 1.73. The topological polar surface area (TPSA) is 57.3 Å². The number of nitrogens with zero attached hydrogens (tertiary/aromatic N) is 2. The second-order valence-electron chi connectivity index (χ2n) is 6.83. The molecular formula is C24H28N4O. The summed E-state index contributed by atoms with van der Waals surface area (Å²) < 4.78 is 0. The molecule has 2 aromatic carbocycles. The first kappa shape index (κ1) is 20.6. The summed E-state index contributed by atoms with van der Waals surface area (Å²) in [6.45, 7) is 7.75. The Labute approximate surface area is 172 Å². The number of carbonyl (C=O) groups is 1. The van der Waals surface area contributed by atoms with Crippen molar-refractivity contribution in [3.63, 3.8) is 0 Å². The van der Waals surface area contributed by atoms with Crippen molar-refractivity contribution >= 4 is 17.4 Å². The number of anilines is 2. The Balaban J connectivity index is 1.65. The first-order valence-electron chi connectivity index (χ1n) is 10.0. The fourth-order valence-electron chi connectivity index (χ4n) is 3.17. The van der Waals surface area contributed by atoms with E-state index in [1.54, 1.807) is 6.20 Å². The van der Waals surface area contributed by atoms with Crippen LogP contribution in [0.2, 0.25) is 0 Å². The van der Waals surface area contributed by atoms with Crippen molar-refractivity contribution in [3.8, 4) is 0 Å². The first-order chi connectivity index (χ1) is 14.2. The van der Waals surface area contributed by atoms with E-state index in [2.05, 4.69) is 52.6 Å². The number of pyridine rings is 1. The van der Waals surface area contributed by atoms with E-state index < -0.39 is 0 Å². The highest BCUT2D eigenvalue weighted by molar-refractivity contribution is 5.95. The van der Waals surface area contributed by atoms with E-state index in [4.69, 9.17) is 0 Å². The zero-order chi connectivity index (χ0) is 20.5. The molecule has 1 aromatic heterocycles. The summed E-state index contributed by atoms with van der Waals surface area (Å²) in [4.78, 5) is 19.3. The van der Waals surface area contributed by atoms with Gasteiger partial charge in [-0.05, 0) is 54.5 Å². The highest BCUT2D eigenvalue weighted by atomic mass is 16.1. The van der Waals surface area contributed by atoms with Gasteiger partial charge in [-0.3, -0.25) is 9.69 Å². The summed E-state index contributed by atoms with van der Waals surface area (Å²) in [5.74, 6) is 0.655. The van der Waals surface area contributed by atoms with Crippen LogP contribution < -0.4 is 10.6 Å². The van der Waals surface area contributed by atoms with Gasteiger partial charge in [0.25, 0.3) is 5.91 Å². The van der Waals surface area contributed by atoms with E-state index in [1.807, 2.05) is 48.5 Å². The normalized spacial score (nSPS) is 10.7. The van der Waals surface area contributed by atoms with E-state index in [0.717, 1.165) is 36.7 Å². The van der Waals surface area contributed by atoms with Crippen molar-refractivity contribution < 1.29 is 4.79 Å². The van der Waals surface area contributed by atoms with E-state index in [0.29, 0.717) is 12.1 Å². The van der Waals surface area contributed by atoms with Crippen molar-refractivity contribution in [3.05, 3.63) is 89.6 Å². The minimum atomic E-state index is -0.0905. The van der Waals surface area contributed by atoms with Gasteiger partial charge in [-0.1, -0.05) is 50.2 Å². The summed E-state index contributed by atoms with van der Waals surface area (Å²) in [6, 6.07) is 21.4. The molecule has 0 radical (unpaired) electrons. The zero-order valence-corrected chi connectivity index (χ0v) is 17.1. The highest BCUT2D eigenvalue weighted by Gasteiger charge is 2.10. The lowest BCUT2D eigenvalue weighted by atomic mass is 10.1. The number of carbonyl (C=O) groups excluding carboxylic acids is 1. The van der Waals surface area contributed by atoms with Gasteiger partial charge in [0.15, 0.2) is 0 Å². The molecule has 29 heavy (non-hydrogen) atoms. The number of nitrogens with one attached hydrogen (secondary N) is 2. The van der Waals surface area contributed by atoms with E-state index >= 15 is 0 Å². The van der Waals surface area contributed by atoms with E-state index in [9.17, 15) is 4.79 Å². The van der Waals surface area contributed by atoms with E-state index in [1.165, 1.54) is 5.56 Å². The van der Waals surface area contributed by atoms with Crippen LogP contribution in [0.4, 0.5) is 11.5 Å². The van der Waals surface area contributed by atoms with Crippen LogP contribution in [-0.4, -0.2) is 28.9 Å². The number of hydrogen-bond acceptors (Lipinski definition) is 4. The third-order valence-corrected chi connectivity index (χ3v) is 4.91. The molecule has 0 saturated carbocycles. The molecule has 0 bridgehead atoms. The SMILES string of the molecule is CCN(CC)Cc1ccccc1CNC(=O)c1cccc(Nc2ccccn2)c1. The maximum atomic E-state index is 12.7. The number of hydrogen-bond donors (Lipinski definition) is 2. The van der Waals surface area contributed by atoms with Crippen LogP contribution in [0, 0.1) is 0 Å². The number of amides is 1. The Kier molecular flexibility index (Phi) is 7.36. The molecule has 5 nitrogen and oxygen atoms in total. The Morgan fingerprint density at radius 2 is 1.69 bits per heavy atom. The quantitative estimate of drug-likeness (QED) is 0.563. The molecule has 1 heterocycles. The van der Waals surface area contributed by atoms with Crippen LogP contribution in [0.15, 0.2) is 72.9 Å². The van der Waals surface area contributed by atoms with Crippen molar-refractivity contribution in [2.75, 3.05) is 18.4 Å². The van der Waals surface area contributed by atoms with E-state index in [-0.39, 0.29) is 5.91 Å². The van der Waals surface area contributed by atoms with Crippen molar-refractivity contribution in [1.29, 1.82) is 0 Å². The molecule has 2 N–H and O–H groups in total. The van der Waals surface area contributed by atoms with Crippen molar-refractivity contribution in [2.45, 2.75) is 26.9 Å². The average molecular weight is 389 g/mol. The molecule has 0 unspecified atom stereocenters. The maximum absolute atomic E-state index is 12.7. The van der Waals surface area contributed by atoms with Crippen LogP contribution in [0.1, 0.15) is 35.3 Å². The molecule has 0 fully saturated rings. The first-order valence-corrected chi connectivity index (χ1v) is 10.0. The van der Waals surface area contributed by atoms with Crippen LogP contribution in [0.25, 0.3) is 0 Å². The summed E-state index contributed by atoms with van der Waals surface area (Å²) in [5, 5.41) is 6.28. The maximum Gasteiger partial charge on any atom is 0.251 e. The summed E-state index contributed by atoms with van der Waals surface area (Å²) in [5.41, 5.74) is 3.85. The molecule has 0 saturated heterocycles. The standard InChI is InChI=1S/C24H28N4O/c1-3-28(4-2)18-21-11-6-5-10-20(21)17-26-24(29)19-12-9-13-22(16-19)27-23-14-7-8-15-25-23/h5-16H,3-4,17-18H2,1-2H3,(H,25,27)(H,26,29). The lowest BCUT2D eigenvalue weighted by Gasteiger charge is -2.20. The minimum absolute atomic E-state index is 0.0905. The summed E-state index contributed by atoms with van der Waals surface area (Å²) >= 11 is 0. The van der Waals surface area contributed by atoms with Gasteiger partial charge in [-0.2, -0.15) is 0 Å². The third-order valence-electron chi connectivity index (χ3n) is 4.91. The summed E-state index contributed by atoms with van der Waals surface area (Å²) in [7, 11) is 0. The number of rotatable bonds is 9. The Hall–Kier alpha value is -3.18. The van der Waals surface area contributed by atoms with Crippen LogP contribution in [-0.2, 0) is 13.1 Å². The van der Waals surface area contributed by atoms with Gasteiger partial charge in [0.05, 0.1) is 0 Å². The fourth-order valence-corrected chi connectivity index (χ4v) is 3.17. The molecule has 0 aliphatic rings. The molecule has 5 heteroatoms. The second-order valence-corrected chi connectivity index (χ2v) is 6.83. The molecule has 3 aromatic rings. The number of aromatic nitrogens is 1. The van der Waals surface area contributed by atoms with Crippen molar-refractivity contribution in [1.82, 2.24) is 15.2 Å². The van der Waals surface area contributed by atoms with Crippen LogP contribution in [0.5, 0.6) is 0 Å². The van der Waals surface area contributed by atoms with Crippen molar-refractivity contribution in [2.24, 2.45) is 0 Å². The molecule has 3 rings (SSSR count). The van der Waals surface area contributed by atoms with Gasteiger partial charge in [-0.25, -0.2) is 4.98 Å². The molecular weight excluding hydrogens is 360 g/mol. The van der Waals surface area contributed by atoms with Crippen LogP contribution in [0.3, 0.4) is 0 Å². The van der Waals surface area contributed by atoms with Gasteiger partial charge >= 0.3 is 0 Å². The fraction of sp³-hybridized carbons (Fsp3) is 0.250. The van der Waals surface area contributed by atoms with Gasteiger partial charge in [-0.15, -0.1) is 0 Å². The zero-order valence-electron chi connectivity index (χ0n) is 17.1. The predicted octanol–water partition coefficient (Wildman–Crippen LogP) is 4.60. The lowest BCUT2D eigenvalue weighted by Crippen LogP contribution is -2.26. The third kappa shape index (κ3) is 5.90.